The Morgan fingerprint density at radius 1 is 0.929 bits per heavy atom. The summed E-state index contributed by atoms with van der Waals surface area (Å²) in [6.07, 6.45) is 0. The van der Waals surface area contributed by atoms with Gasteiger partial charge in [0.25, 0.3) is 0 Å². The predicted molar refractivity (Wildman–Crippen MR) is 111 cm³/mol. The topological polar surface area (TPSA) is 44.1 Å². The minimum absolute atomic E-state index is 0.158. The van der Waals surface area contributed by atoms with Crippen molar-refractivity contribution in [2.75, 3.05) is 0 Å². The first kappa shape index (κ1) is 18.0. The molecule has 0 saturated heterocycles. The van der Waals surface area contributed by atoms with Crippen LogP contribution in [0.1, 0.15) is 19.4 Å². The maximum absolute atomic E-state index is 11.8. The third kappa shape index (κ3) is 3.67. The molecule has 140 valence electrons. The minimum atomic E-state index is -0.232. The van der Waals surface area contributed by atoms with Crippen LogP contribution in [0, 0.1) is 5.92 Å². The predicted octanol–water partition coefficient (Wildman–Crippen LogP) is 5.31. The monoisotopic (exact) mass is 370 g/mol. The number of fused-ring (bicyclic) bond motifs is 1. The van der Waals surface area contributed by atoms with Crippen molar-refractivity contribution in [2.24, 2.45) is 5.92 Å². The maximum atomic E-state index is 11.8. The van der Waals surface area contributed by atoms with Gasteiger partial charge in [-0.2, -0.15) is 0 Å². The normalized spacial score (nSPS) is 11.1. The minimum Gasteiger partial charge on any atom is -0.426 e. The molecule has 0 aliphatic carbocycles. The average Bonchev–Trinajstić information content (AvgIpc) is 3.08. The molecule has 0 spiro atoms. The number of hydrogen-bond acceptors (Lipinski definition) is 3. The summed E-state index contributed by atoms with van der Waals surface area (Å²) in [5.41, 5.74) is 4.26. The molecule has 1 heterocycles. The highest BCUT2D eigenvalue weighted by Gasteiger charge is 2.14. The van der Waals surface area contributed by atoms with E-state index < -0.39 is 0 Å². The van der Waals surface area contributed by atoms with E-state index in [0.717, 1.165) is 29.0 Å². The fourth-order valence-corrected chi connectivity index (χ4v) is 3.13. The van der Waals surface area contributed by atoms with E-state index in [1.807, 2.05) is 74.5 Å². The lowest BCUT2D eigenvalue weighted by Gasteiger charge is -2.11. The number of nitrogens with zero attached hydrogens (tertiary/aromatic N) is 2. The van der Waals surface area contributed by atoms with Gasteiger partial charge in [0.1, 0.15) is 11.6 Å². The van der Waals surface area contributed by atoms with E-state index in [0.29, 0.717) is 5.75 Å². The number of esters is 1. The number of rotatable bonds is 5. The summed E-state index contributed by atoms with van der Waals surface area (Å²) in [5.74, 6) is 1.05. The van der Waals surface area contributed by atoms with Crippen molar-refractivity contribution in [3.8, 4) is 17.1 Å². The van der Waals surface area contributed by atoms with E-state index in [9.17, 15) is 4.79 Å². The van der Waals surface area contributed by atoms with Crippen LogP contribution in [-0.2, 0) is 11.3 Å². The lowest BCUT2D eigenvalue weighted by Crippen LogP contribution is -2.14. The molecule has 0 atom stereocenters. The second-order valence-corrected chi connectivity index (χ2v) is 7.10. The number of carbonyl (C=O) groups excluding carboxylic acids is 1. The van der Waals surface area contributed by atoms with Crippen LogP contribution in [-0.4, -0.2) is 15.5 Å². The van der Waals surface area contributed by atoms with Crippen LogP contribution < -0.4 is 4.74 Å². The van der Waals surface area contributed by atoms with Gasteiger partial charge in [-0.05, 0) is 42.0 Å². The van der Waals surface area contributed by atoms with E-state index in [1.54, 1.807) is 0 Å². The van der Waals surface area contributed by atoms with Gasteiger partial charge in [0.05, 0.1) is 17.0 Å². The Morgan fingerprint density at radius 3 is 2.32 bits per heavy atom. The van der Waals surface area contributed by atoms with Crippen LogP contribution in [0.4, 0.5) is 0 Å². The quantitative estimate of drug-likeness (QED) is 0.353. The Hall–Kier alpha value is -3.40. The SMILES string of the molecule is CC(C)C(=O)Oc1ccc(-c2nc3ccccc3n2Cc2ccccc2)cc1. The first-order chi connectivity index (χ1) is 13.6. The third-order valence-electron chi connectivity index (χ3n) is 4.64. The van der Waals surface area contributed by atoms with Crippen molar-refractivity contribution in [2.45, 2.75) is 20.4 Å². The molecule has 0 amide bonds. The zero-order valence-corrected chi connectivity index (χ0v) is 16.0. The van der Waals surface area contributed by atoms with Gasteiger partial charge in [-0.3, -0.25) is 4.79 Å². The Balaban J connectivity index is 1.72. The maximum Gasteiger partial charge on any atom is 0.313 e. The summed E-state index contributed by atoms with van der Waals surface area (Å²) in [7, 11) is 0. The van der Waals surface area contributed by atoms with E-state index in [-0.39, 0.29) is 11.9 Å². The summed E-state index contributed by atoms with van der Waals surface area (Å²) in [6, 6.07) is 26.0. The smallest absolute Gasteiger partial charge is 0.313 e. The van der Waals surface area contributed by atoms with Crippen molar-refractivity contribution in [1.29, 1.82) is 0 Å². The molecular formula is C24H22N2O2. The lowest BCUT2D eigenvalue weighted by molar-refractivity contribution is -0.137. The van der Waals surface area contributed by atoms with Gasteiger partial charge in [-0.1, -0.05) is 56.3 Å². The zero-order chi connectivity index (χ0) is 19.5. The molecule has 0 fully saturated rings. The van der Waals surface area contributed by atoms with Gasteiger partial charge >= 0.3 is 5.97 Å². The van der Waals surface area contributed by atoms with Gasteiger partial charge in [-0.25, -0.2) is 4.98 Å². The molecule has 0 radical (unpaired) electrons. The first-order valence-corrected chi connectivity index (χ1v) is 9.43. The van der Waals surface area contributed by atoms with Gasteiger partial charge in [0.15, 0.2) is 0 Å². The number of benzene rings is 3. The molecule has 1 aromatic heterocycles. The number of carbonyl (C=O) groups is 1. The number of para-hydroxylation sites is 2. The van der Waals surface area contributed by atoms with Crippen molar-refractivity contribution >= 4 is 17.0 Å². The molecule has 4 heteroatoms. The molecule has 0 aliphatic rings. The van der Waals surface area contributed by atoms with Gasteiger partial charge < -0.3 is 9.30 Å². The van der Waals surface area contributed by atoms with Crippen molar-refractivity contribution < 1.29 is 9.53 Å². The Bertz CT molecular complexity index is 1100. The summed E-state index contributed by atoms with van der Waals surface area (Å²) in [6.45, 7) is 4.38. The summed E-state index contributed by atoms with van der Waals surface area (Å²) < 4.78 is 7.61. The fraction of sp³-hybridized carbons (Fsp3) is 0.167. The zero-order valence-electron chi connectivity index (χ0n) is 16.0. The molecule has 4 nitrogen and oxygen atoms in total. The highest BCUT2D eigenvalue weighted by Crippen LogP contribution is 2.27. The summed E-state index contributed by atoms with van der Waals surface area (Å²) in [4.78, 5) is 16.7. The van der Waals surface area contributed by atoms with Crippen LogP contribution in [0.5, 0.6) is 5.75 Å². The Morgan fingerprint density at radius 2 is 1.61 bits per heavy atom. The lowest BCUT2D eigenvalue weighted by atomic mass is 10.2. The summed E-state index contributed by atoms with van der Waals surface area (Å²) in [5, 5.41) is 0. The van der Waals surface area contributed by atoms with Crippen LogP contribution in [0.2, 0.25) is 0 Å². The second-order valence-electron chi connectivity index (χ2n) is 7.10. The molecule has 0 N–H and O–H groups in total. The fourth-order valence-electron chi connectivity index (χ4n) is 3.13. The first-order valence-electron chi connectivity index (χ1n) is 9.43. The molecule has 0 saturated carbocycles. The van der Waals surface area contributed by atoms with Crippen molar-refractivity contribution in [3.05, 3.63) is 84.4 Å². The number of imidazole rings is 1. The van der Waals surface area contributed by atoms with E-state index in [1.165, 1.54) is 5.56 Å². The van der Waals surface area contributed by atoms with Crippen LogP contribution in [0.25, 0.3) is 22.4 Å². The van der Waals surface area contributed by atoms with Gasteiger partial charge in [0, 0.05) is 12.1 Å². The number of aromatic nitrogens is 2. The van der Waals surface area contributed by atoms with Crippen LogP contribution >= 0.6 is 0 Å². The Labute approximate surface area is 164 Å². The largest absolute Gasteiger partial charge is 0.426 e. The van der Waals surface area contributed by atoms with Gasteiger partial charge in [0.2, 0.25) is 0 Å². The highest BCUT2D eigenvalue weighted by molar-refractivity contribution is 5.81. The van der Waals surface area contributed by atoms with E-state index >= 15 is 0 Å². The van der Waals surface area contributed by atoms with Crippen LogP contribution in [0.3, 0.4) is 0 Å². The standard InChI is InChI=1S/C24H22N2O2/c1-17(2)24(27)28-20-14-12-19(13-15-20)23-25-21-10-6-7-11-22(21)26(23)16-18-8-4-3-5-9-18/h3-15,17H,16H2,1-2H3. The molecule has 4 aromatic rings. The molecule has 4 rings (SSSR count). The molecule has 0 bridgehead atoms. The van der Waals surface area contributed by atoms with E-state index in [4.69, 9.17) is 9.72 Å². The average molecular weight is 370 g/mol. The molecule has 0 unspecified atom stereocenters. The molecule has 28 heavy (non-hydrogen) atoms. The van der Waals surface area contributed by atoms with Gasteiger partial charge in [-0.15, -0.1) is 0 Å². The third-order valence-corrected chi connectivity index (χ3v) is 4.64. The molecular weight excluding hydrogens is 348 g/mol. The second kappa shape index (κ2) is 7.69. The number of ether oxygens (including phenoxy) is 1. The van der Waals surface area contributed by atoms with Crippen molar-refractivity contribution in [1.82, 2.24) is 9.55 Å². The Kier molecular flexibility index (Phi) is 4.94. The summed E-state index contributed by atoms with van der Waals surface area (Å²) >= 11 is 0. The van der Waals surface area contributed by atoms with E-state index in [2.05, 4.69) is 22.8 Å². The molecule has 3 aromatic carbocycles. The number of hydrogen-bond donors (Lipinski definition) is 0. The molecule has 0 aliphatic heterocycles. The highest BCUT2D eigenvalue weighted by atomic mass is 16.5. The van der Waals surface area contributed by atoms with Crippen molar-refractivity contribution in [3.63, 3.8) is 0 Å². The van der Waals surface area contributed by atoms with Crippen LogP contribution in [0.15, 0.2) is 78.9 Å².